The molecular weight excluding hydrogens is 332 g/mol. The summed E-state index contributed by atoms with van der Waals surface area (Å²) in [5, 5.41) is 7.94. The van der Waals surface area contributed by atoms with Crippen LogP contribution in [-0.4, -0.2) is 22.8 Å². The van der Waals surface area contributed by atoms with Crippen molar-refractivity contribution < 1.29 is 18.7 Å². The number of benzene rings is 2. The van der Waals surface area contributed by atoms with Gasteiger partial charge in [-0.25, -0.2) is 4.79 Å². The van der Waals surface area contributed by atoms with Crippen LogP contribution in [0.1, 0.15) is 30.0 Å². The molecule has 0 saturated heterocycles. The second-order valence-electron chi connectivity index (χ2n) is 6.00. The van der Waals surface area contributed by atoms with Gasteiger partial charge in [-0.3, -0.25) is 0 Å². The Bertz CT molecular complexity index is 890. The van der Waals surface area contributed by atoms with Crippen LogP contribution in [-0.2, 0) is 9.53 Å². The molecule has 6 nitrogen and oxygen atoms in total. The summed E-state index contributed by atoms with van der Waals surface area (Å²) in [5.74, 6) is 0.778. The first-order chi connectivity index (χ1) is 12.5. The lowest BCUT2D eigenvalue weighted by molar-refractivity contribution is -0.152. The highest BCUT2D eigenvalue weighted by Crippen LogP contribution is 2.22. The lowest BCUT2D eigenvalue weighted by Crippen LogP contribution is -2.17. The molecule has 0 saturated carbocycles. The molecule has 0 bridgehead atoms. The van der Waals surface area contributed by atoms with Gasteiger partial charge in [0.25, 0.3) is 5.89 Å². The first-order valence-corrected chi connectivity index (χ1v) is 8.31. The summed E-state index contributed by atoms with van der Waals surface area (Å²) in [6.07, 6.45) is -0.657. The highest BCUT2D eigenvalue weighted by molar-refractivity contribution is 5.71. The van der Waals surface area contributed by atoms with Gasteiger partial charge in [-0.15, -0.1) is 10.2 Å². The van der Waals surface area contributed by atoms with Crippen LogP contribution in [0.15, 0.2) is 52.9 Å². The molecule has 0 spiro atoms. The summed E-state index contributed by atoms with van der Waals surface area (Å²) in [6, 6.07) is 15.2. The minimum atomic E-state index is -0.657. The number of esters is 1. The maximum absolute atomic E-state index is 12.0. The van der Waals surface area contributed by atoms with E-state index in [2.05, 4.69) is 10.2 Å². The highest BCUT2D eigenvalue weighted by atomic mass is 16.6. The van der Waals surface area contributed by atoms with Crippen molar-refractivity contribution in [3.8, 4) is 17.2 Å². The fourth-order valence-electron chi connectivity index (χ4n) is 2.48. The molecule has 0 aliphatic carbocycles. The molecule has 0 amide bonds. The molecule has 2 aromatic carbocycles. The lowest BCUT2D eigenvalue weighted by Gasteiger charge is -2.12. The number of aromatic nitrogens is 2. The molecule has 6 heteroatoms. The average molecular weight is 352 g/mol. The molecule has 0 fully saturated rings. The predicted octanol–water partition coefficient (Wildman–Crippen LogP) is 4.04. The number of aryl methyl sites for hydroxylation is 2. The SMILES string of the molecule is Cc1ccc(OCC(=O)O[C@@H](C)c2nnc(-c3ccccc3)o2)c(C)c1. The first kappa shape index (κ1) is 17.7. The quantitative estimate of drug-likeness (QED) is 0.623. The molecule has 0 aliphatic heterocycles. The normalized spacial score (nSPS) is 11.8. The Morgan fingerprint density at radius 2 is 1.88 bits per heavy atom. The number of hydrogen-bond donors (Lipinski definition) is 0. The number of carbonyl (C=O) groups is 1. The predicted molar refractivity (Wildman–Crippen MR) is 95.7 cm³/mol. The minimum absolute atomic E-state index is 0.187. The van der Waals surface area contributed by atoms with Gasteiger partial charge in [0.2, 0.25) is 5.89 Å². The van der Waals surface area contributed by atoms with Gasteiger partial charge in [-0.05, 0) is 44.5 Å². The lowest BCUT2D eigenvalue weighted by atomic mass is 10.1. The van der Waals surface area contributed by atoms with E-state index in [0.717, 1.165) is 16.7 Å². The molecule has 0 radical (unpaired) electrons. The molecule has 0 N–H and O–H groups in total. The van der Waals surface area contributed by atoms with Gasteiger partial charge in [-0.1, -0.05) is 35.9 Å². The van der Waals surface area contributed by atoms with Gasteiger partial charge in [-0.2, -0.15) is 0 Å². The van der Waals surface area contributed by atoms with Crippen LogP contribution in [0.5, 0.6) is 5.75 Å². The van der Waals surface area contributed by atoms with E-state index in [0.29, 0.717) is 11.6 Å². The Balaban J connectivity index is 1.57. The molecular formula is C20H20N2O4. The second-order valence-corrected chi connectivity index (χ2v) is 6.00. The second kappa shape index (κ2) is 7.82. The van der Waals surface area contributed by atoms with E-state index < -0.39 is 12.1 Å². The Hall–Kier alpha value is -3.15. The summed E-state index contributed by atoms with van der Waals surface area (Å²) in [5.41, 5.74) is 2.91. The van der Waals surface area contributed by atoms with Gasteiger partial charge >= 0.3 is 5.97 Å². The average Bonchev–Trinajstić information content (AvgIpc) is 3.12. The number of ether oxygens (including phenoxy) is 2. The van der Waals surface area contributed by atoms with E-state index in [1.807, 2.05) is 62.4 Å². The van der Waals surface area contributed by atoms with Crippen molar-refractivity contribution in [2.45, 2.75) is 26.9 Å². The van der Waals surface area contributed by atoms with Crippen LogP contribution in [0.4, 0.5) is 0 Å². The van der Waals surface area contributed by atoms with Gasteiger partial charge in [0, 0.05) is 5.56 Å². The molecule has 1 aromatic heterocycles. The van der Waals surface area contributed by atoms with Crippen molar-refractivity contribution in [2.75, 3.05) is 6.61 Å². The van der Waals surface area contributed by atoms with E-state index in [4.69, 9.17) is 13.9 Å². The van der Waals surface area contributed by atoms with Crippen molar-refractivity contribution in [2.24, 2.45) is 0 Å². The first-order valence-electron chi connectivity index (χ1n) is 8.31. The molecule has 0 unspecified atom stereocenters. The zero-order valence-electron chi connectivity index (χ0n) is 14.9. The van der Waals surface area contributed by atoms with Crippen molar-refractivity contribution in [3.63, 3.8) is 0 Å². The number of carbonyl (C=O) groups excluding carboxylic acids is 1. The third-order valence-corrected chi connectivity index (χ3v) is 3.79. The van der Waals surface area contributed by atoms with Gasteiger partial charge in [0.1, 0.15) is 5.75 Å². The third-order valence-electron chi connectivity index (χ3n) is 3.79. The number of rotatable bonds is 6. The smallest absolute Gasteiger partial charge is 0.344 e. The van der Waals surface area contributed by atoms with Gasteiger partial charge in [0.15, 0.2) is 12.7 Å². The van der Waals surface area contributed by atoms with Crippen molar-refractivity contribution in [1.82, 2.24) is 10.2 Å². The molecule has 3 aromatic rings. The van der Waals surface area contributed by atoms with E-state index >= 15 is 0 Å². The Labute approximate surface area is 151 Å². The van der Waals surface area contributed by atoms with Crippen LogP contribution in [0, 0.1) is 13.8 Å². The zero-order valence-corrected chi connectivity index (χ0v) is 14.9. The van der Waals surface area contributed by atoms with E-state index in [1.54, 1.807) is 6.92 Å². The van der Waals surface area contributed by atoms with Crippen LogP contribution in [0.3, 0.4) is 0 Å². The molecule has 1 heterocycles. The third kappa shape index (κ3) is 4.27. The van der Waals surface area contributed by atoms with Crippen molar-refractivity contribution in [3.05, 3.63) is 65.5 Å². The largest absolute Gasteiger partial charge is 0.482 e. The molecule has 3 rings (SSSR count). The molecule has 134 valence electrons. The monoisotopic (exact) mass is 352 g/mol. The molecule has 1 atom stereocenters. The Morgan fingerprint density at radius 1 is 1.12 bits per heavy atom. The maximum atomic E-state index is 12.0. The summed E-state index contributed by atoms with van der Waals surface area (Å²) < 4.78 is 16.4. The number of hydrogen-bond acceptors (Lipinski definition) is 6. The summed E-state index contributed by atoms with van der Waals surface area (Å²) >= 11 is 0. The van der Waals surface area contributed by atoms with Crippen LogP contribution in [0.25, 0.3) is 11.5 Å². The number of nitrogens with zero attached hydrogens (tertiary/aromatic N) is 2. The molecule has 26 heavy (non-hydrogen) atoms. The summed E-state index contributed by atoms with van der Waals surface area (Å²) in [6.45, 7) is 5.42. The van der Waals surface area contributed by atoms with Gasteiger partial charge < -0.3 is 13.9 Å². The summed E-state index contributed by atoms with van der Waals surface area (Å²) in [7, 11) is 0. The van der Waals surface area contributed by atoms with Crippen molar-refractivity contribution in [1.29, 1.82) is 0 Å². The van der Waals surface area contributed by atoms with Crippen LogP contribution in [0.2, 0.25) is 0 Å². The van der Waals surface area contributed by atoms with Crippen LogP contribution < -0.4 is 4.74 Å². The van der Waals surface area contributed by atoms with Gasteiger partial charge in [0.05, 0.1) is 0 Å². The van der Waals surface area contributed by atoms with E-state index in [1.165, 1.54) is 0 Å². The minimum Gasteiger partial charge on any atom is -0.482 e. The maximum Gasteiger partial charge on any atom is 0.344 e. The van der Waals surface area contributed by atoms with E-state index in [9.17, 15) is 4.79 Å². The Morgan fingerprint density at radius 3 is 2.62 bits per heavy atom. The van der Waals surface area contributed by atoms with Crippen LogP contribution >= 0.6 is 0 Å². The fourth-order valence-corrected chi connectivity index (χ4v) is 2.48. The standard InChI is InChI=1S/C20H20N2O4/c1-13-9-10-17(14(2)11-13)24-12-18(23)25-15(3)19-21-22-20(26-19)16-7-5-4-6-8-16/h4-11,15H,12H2,1-3H3/t15-/m0/s1. The Kier molecular flexibility index (Phi) is 5.31. The summed E-state index contributed by atoms with van der Waals surface area (Å²) in [4.78, 5) is 12.0. The van der Waals surface area contributed by atoms with Crippen molar-refractivity contribution >= 4 is 5.97 Å². The molecule has 0 aliphatic rings. The van der Waals surface area contributed by atoms with E-state index in [-0.39, 0.29) is 12.5 Å². The zero-order chi connectivity index (χ0) is 18.5. The highest BCUT2D eigenvalue weighted by Gasteiger charge is 2.19. The fraction of sp³-hybridized carbons (Fsp3) is 0.250. The topological polar surface area (TPSA) is 74.5 Å².